The number of hydrogen-bond acceptors (Lipinski definition) is 4. The number of rotatable bonds is 5. The quantitative estimate of drug-likeness (QED) is 0.780. The summed E-state index contributed by atoms with van der Waals surface area (Å²) < 4.78 is 11.6. The van der Waals surface area contributed by atoms with Crippen molar-refractivity contribution in [2.75, 3.05) is 26.3 Å². The van der Waals surface area contributed by atoms with Crippen LogP contribution in [0.25, 0.3) is 0 Å². The number of morpholine rings is 1. The van der Waals surface area contributed by atoms with Crippen LogP contribution in [0, 0.1) is 11.3 Å². The second kappa shape index (κ2) is 6.93. The van der Waals surface area contributed by atoms with Gasteiger partial charge in [-0.05, 0) is 37.8 Å². The summed E-state index contributed by atoms with van der Waals surface area (Å²) in [5, 5.41) is 9.03. The fourth-order valence-electron chi connectivity index (χ4n) is 3.42. The van der Waals surface area contributed by atoms with Gasteiger partial charge in [-0.1, -0.05) is 12.1 Å². The molecule has 2 aliphatic rings. The number of fused-ring (bicyclic) bond motifs is 1. The molecule has 3 rings (SSSR count). The lowest BCUT2D eigenvalue weighted by molar-refractivity contribution is -0.0564. The molecule has 2 unspecified atom stereocenters. The third-order valence-electron chi connectivity index (χ3n) is 4.45. The molecule has 112 valence electrons. The average Bonchev–Trinajstić information content (AvgIpc) is 3.01. The monoisotopic (exact) mass is 286 g/mol. The molecule has 1 aliphatic carbocycles. The highest BCUT2D eigenvalue weighted by atomic mass is 16.5. The second-order valence-electron chi connectivity index (χ2n) is 5.75. The highest BCUT2D eigenvalue weighted by Crippen LogP contribution is 2.29. The molecule has 2 fully saturated rings. The molecule has 0 amide bonds. The third-order valence-corrected chi connectivity index (χ3v) is 4.45. The van der Waals surface area contributed by atoms with E-state index in [-0.39, 0.29) is 0 Å². The van der Waals surface area contributed by atoms with Gasteiger partial charge in [0.05, 0.1) is 24.9 Å². The molecule has 2 atom stereocenters. The molecule has 1 aromatic carbocycles. The van der Waals surface area contributed by atoms with Crippen molar-refractivity contribution in [1.82, 2.24) is 4.90 Å². The lowest BCUT2D eigenvalue weighted by Gasteiger charge is -2.37. The molecule has 4 heteroatoms. The van der Waals surface area contributed by atoms with Gasteiger partial charge in [0.2, 0.25) is 0 Å². The van der Waals surface area contributed by atoms with E-state index in [0.717, 1.165) is 26.1 Å². The van der Waals surface area contributed by atoms with Gasteiger partial charge in [0.25, 0.3) is 0 Å². The van der Waals surface area contributed by atoms with Crippen LogP contribution in [-0.4, -0.2) is 43.3 Å². The normalized spacial score (nSPS) is 25.3. The molecule has 1 aromatic rings. The van der Waals surface area contributed by atoms with E-state index in [1.165, 1.54) is 19.3 Å². The summed E-state index contributed by atoms with van der Waals surface area (Å²) in [5.41, 5.74) is 0.611. The lowest BCUT2D eigenvalue weighted by Crippen LogP contribution is -2.48. The van der Waals surface area contributed by atoms with E-state index in [2.05, 4.69) is 11.0 Å². The van der Waals surface area contributed by atoms with Crippen molar-refractivity contribution >= 4 is 0 Å². The Balaban J connectivity index is 1.45. The zero-order chi connectivity index (χ0) is 14.5. The molecule has 1 saturated heterocycles. The number of nitriles is 1. The van der Waals surface area contributed by atoms with Crippen LogP contribution in [0.5, 0.6) is 5.75 Å². The van der Waals surface area contributed by atoms with Crippen molar-refractivity contribution in [3.63, 3.8) is 0 Å². The van der Waals surface area contributed by atoms with Crippen molar-refractivity contribution in [1.29, 1.82) is 5.26 Å². The molecule has 0 N–H and O–H groups in total. The molecule has 1 aliphatic heterocycles. The largest absolute Gasteiger partial charge is 0.492 e. The smallest absolute Gasteiger partial charge is 0.137 e. The molecule has 21 heavy (non-hydrogen) atoms. The Hall–Kier alpha value is -1.57. The maximum absolute atomic E-state index is 9.03. The summed E-state index contributed by atoms with van der Waals surface area (Å²) in [4.78, 5) is 2.56. The van der Waals surface area contributed by atoms with Crippen LogP contribution in [-0.2, 0) is 4.74 Å². The number of para-hydroxylation sites is 1. The fraction of sp³-hybridized carbons (Fsp3) is 0.588. The Labute approximate surface area is 126 Å². The predicted molar refractivity (Wildman–Crippen MR) is 80.2 cm³/mol. The minimum Gasteiger partial charge on any atom is -0.492 e. The van der Waals surface area contributed by atoms with Gasteiger partial charge < -0.3 is 9.47 Å². The topological polar surface area (TPSA) is 45.5 Å². The molecule has 0 radical (unpaired) electrons. The number of benzene rings is 1. The van der Waals surface area contributed by atoms with E-state index in [1.54, 1.807) is 6.07 Å². The first-order valence-electron chi connectivity index (χ1n) is 7.86. The van der Waals surface area contributed by atoms with Gasteiger partial charge in [-0.15, -0.1) is 0 Å². The van der Waals surface area contributed by atoms with Crippen LogP contribution in [0.3, 0.4) is 0 Å². The van der Waals surface area contributed by atoms with Crippen LogP contribution in [0.15, 0.2) is 24.3 Å². The van der Waals surface area contributed by atoms with Gasteiger partial charge in [0.1, 0.15) is 11.8 Å². The third kappa shape index (κ3) is 3.37. The van der Waals surface area contributed by atoms with Crippen molar-refractivity contribution in [2.24, 2.45) is 0 Å². The van der Waals surface area contributed by atoms with Crippen molar-refractivity contribution in [2.45, 2.75) is 37.8 Å². The molecular weight excluding hydrogens is 264 g/mol. The Bertz CT molecular complexity index is 512. The number of nitrogens with zero attached hydrogens (tertiary/aromatic N) is 2. The summed E-state index contributed by atoms with van der Waals surface area (Å²) in [6, 6.07) is 10.2. The van der Waals surface area contributed by atoms with Crippen molar-refractivity contribution in [3.8, 4) is 11.8 Å². The average molecular weight is 286 g/mol. The minimum absolute atomic E-state index is 0.457. The summed E-state index contributed by atoms with van der Waals surface area (Å²) >= 11 is 0. The van der Waals surface area contributed by atoms with E-state index in [9.17, 15) is 0 Å². The number of ether oxygens (including phenoxy) is 2. The van der Waals surface area contributed by atoms with Crippen LogP contribution < -0.4 is 4.74 Å². The van der Waals surface area contributed by atoms with E-state index in [1.807, 2.05) is 18.2 Å². The van der Waals surface area contributed by atoms with E-state index in [0.29, 0.717) is 30.1 Å². The van der Waals surface area contributed by atoms with Crippen molar-refractivity contribution in [3.05, 3.63) is 29.8 Å². The Morgan fingerprint density at radius 3 is 3.14 bits per heavy atom. The zero-order valence-electron chi connectivity index (χ0n) is 12.3. The first kappa shape index (κ1) is 14.4. The predicted octanol–water partition coefficient (Wildman–Crippen LogP) is 2.58. The van der Waals surface area contributed by atoms with Gasteiger partial charge in [0.15, 0.2) is 0 Å². The molecule has 0 spiro atoms. The van der Waals surface area contributed by atoms with Crippen molar-refractivity contribution < 1.29 is 9.47 Å². The van der Waals surface area contributed by atoms with Crippen LogP contribution in [0.4, 0.5) is 0 Å². The van der Waals surface area contributed by atoms with Gasteiger partial charge in [-0.2, -0.15) is 5.26 Å². The second-order valence-corrected chi connectivity index (χ2v) is 5.75. The van der Waals surface area contributed by atoms with E-state index >= 15 is 0 Å². The van der Waals surface area contributed by atoms with Crippen LogP contribution in [0.2, 0.25) is 0 Å². The first-order chi connectivity index (χ1) is 10.4. The molecule has 4 nitrogen and oxygen atoms in total. The van der Waals surface area contributed by atoms with Gasteiger partial charge >= 0.3 is 0 Å². The Kier molecular flexibility index (Phi) is 4.74. The summed E-state index contributed by atoms with van der Waals surface area (Å²) in [6.07, 6.45) is 5.22. The van der Waals surface area contributed by atoms with E-state index in [4.69, 9.17) is 14.7 Å². The maximum atomic E-state index is 9.03. The lowest BCUT2D eigenvalue weighted by atomic mass is 10.1. The highest BCUT2D eigenvalue weighted by Gasteiger charge is 2.35. The van der Waals surface area contributed by atoms with E-state index < -0.39 is 0 Å². The van der Waals surface area contributed by atoms with Gasteiger partial charge in [-0.3, -0.25) is 4.90 Å². The highest BCUT2D eigenvalue weighted by molar-refractivity contribution is 5.42. The first-order valence-corrected chi connectivity index (χ1v) is 7.86. The fourth-order valence-corrected chi connectivity index (χ4v) is 3.42. The maximum Gasteiger partial charge on any atom is 0.137 e. The van der Waals surface area contributed by atoms with Gasteiger partial charge in [-0.25, -0.2) is 0 Å². The SMILES string of the molecule is N#Cc1ccccc1OCCCN1CCOC2CCCC21. The molecular formula is C17H22N2O2. The van der Waals surface area contributed by atoms with Crippen LogP contribution >= 0.6 is 0 Å². The summed E-state index contributed by atoms with van der Waals surface area (Å²) in [5.74, 6) is 0.695. The number of hydrogen-bond donors (Lipinski definition) is 0. The molecule has 0 aromatic heterocycles. The molecule has 0 bridgehead atoms. The standard InChI is InChI=1S/C17H22N2O2/c18-13-14-5-1-2-7-16(14)20-11-4-9-19-10-12-21-17-8-3-6-15(17)19/h1-2,5,7,15,17H,3-4,6,8-12H2. The molecule has 1 saturated carbocycles. The van der Waals surface area contributed by atoms with Crippen LogP contribution in [0.1, 0.15) is 31.2 Å². The van der Waals surface area contributed by atoms with Gasteiger partial charge in [0, 0.05) is 19.1 Å². The molecule has 1 heterocycles. The minimum atomic E-state index is 0.457. The summed E-state index contributed by atoms with van der Waals surface area (Å²) in [7, 11) is 0. The Morgan fingerprint density at radius 1 is 1.33 bits per heavy atom. The zero-order valence-corrected chi connectivity index (χ0v) is 12.3. The summed E-state index contributed by atoms with van der Waals surface area (Å²) in [6.45, 7) is 3.61. The Morgan fingerprint density at radius 2 is 2.24 bits per heavy atom.